The average Bonchev–Trinajstić information content (AvgIpc) is 3.19. The molecule has 0 bridgehead atoms. The molecular weight excluding hydrogens is 324 g/mol. The maximum absolute atomic E-state index is 12.8. The van der Waals surface area contributed by atoms with E-state index in [-0.39, 0.29) is 11.5 Å². The number of hydrogen-bond acceptors (Lipinski definition) is 5. The molecule has 0 amide bonds. The molecule has 0 spiro atoms. The maximum Gasteiger partial charge on any atom is 0.180 e. The van der Waals surface area contributed by atoms with Gasteiger partial charge in [0.05, 0.1) is 6.04 Å². The first-order chi connectivity index (χ1) is 12.5. The van der Waals surface area contributed by atoms with E-state index in [0.29, 0.717) is 18.0 Å². The number of hydrogen-bond donors (Lipinski definition) is 0. The number of anilines is 1. The minimum absolute atomic E-state index is 0.177. The van der Waals surface area contributed by atoms with Crippen molar-refractivity contribution in [3.8, 4) is 11.5 Å². The van der Waals surface area contributed by atoms with Crippen LogP contribution in [0, 0.1) is 5.41 Å². The van der Waals surface area contributed by atoms with E-state index in [9.17, 15) is 4.79 Å². The van der Waals surface area contributed by atoms with Crippen molar-refractivity contribution in [1.29, 1.82) is 0 Å². The number of ketones is 1. The van der Waals surface area contributed by atoms with E-state index in [1.54, 1.807) is 6.20 Å². The van der Waals surface area contributed by atoms with Crippen molar-refractivity contribution in [3.63, 3.8) is 0 Å². The summed E-state index contributed by atoms with van der Waals surface area (Å²) in [6, 6.07) is 5.60. The van der Waals surface area contributed by atoms with E-state index in [1.165, 1.54) is 18.4 Å². The molecular formula is C21H26N4O. The molecule has 4 rings (SSSR count). The molecule has 5 nitrogen and oxygen atoms in total. The van der Waals surface area contributed by atoms with Gasteiger partial charge in [-0.15, -0.1) is 0 Å². The Morgan fingerprint density at radius 1 is 1.27 bits per heavy atom. The van der Waals surface area contributed by atoms with E-state index < -0.39 is 0 Å². The molecule has 0 aromatic carbocycles. The van der Waals surface area contributed by atoms with E-state index in [4.69, 9.17) is 9.97 Å². The SMILES string of the molecule is C[C@H](C(=O)CC1(C)CC1)N(C)c1nc(-c2ccccn2)nc2c1CCC2. The third-order valence-corrected chi connectivity index (χ3v) is 5.89. The summed E-state index contributed by atoms with van der Waals surface area (Å²) in [5.74, 6) is 1.86. The highest BCUT2D eigenvalue weighted by molar-refractivity contribution is 5.87. The Morgan fingerprint density at radius 2 is 2.08 bits per heavy atom. The number of aryl methyl sites for hydroxylation is 1. The Bertz CT molecular complexity index is 829. The van der Waals surface area contributed by atoms with Crippen LogP contribution in [0.2, 0.25) is 0 Å². The number of fused-ring (bicyclic) bond motifs is 1. The van der Waals surface area contributed by atoms with Crippen molar-refractivity contribution in [1.82, 2.24) is 15.0 Å². The van der Waals surface area contributed by atoms with Gasteiger partial charge in [0.2, 0.25) is 0 Å². The number of carbonyl (C=O) groups is 1. The molecule has 0 saturated heterocycles. The summed E-state index contributed by atoms with van der Waals surface area (Å²) in [6.07, 6.45) is 7.81. The number of carbonyl (C=O) groups excluding carboxylic acids is 1. The Labute approximate surface area is 154 Å². The lowest BCUT2D eigenvalue weighted by Crippen LogP contribution is -2.38. The van der Waals surface area contributed by atoms with Crippen molar-refractivity contribution in [2.45, 2.75) is 58.4 Å². The van der Waals surface area contributed by atoms with Crippen LogP contribution in [-0.2, 0) is 17.6 Å². The van der Waals surface area contributed by atoms with Crippen LogP contribution in [0.15, 0.2) is 24.4 Å². The highest BCUT2D eigenvalue weighted by Gasteiger charge is 2.40. The number of aromatic nitrogens is 3. The fourth-order valence-electron chi connectivity index (χ4n) is 3.67. The van der Waals surface area contributed by atoms with E-state index in [0.717, 1.165) is 36.5 Å². The summed E-state index contributed by atoms with van der Waals surface area (Å²) < 4.78 is 0. The molecule has 2 aliphatic rings. The Morgan fingerprint density at radius 3 is 2.77 bits per heavy atom. The largest absolute Gasteiger partial charge is 0.350 e. The predicted molar refractivity (Wildman–Crippen MR) is 102 cm³/mol. The molecule has 2 heterocycles. The van der Waals surface area contributed by atoms with E-state index in [2.05, 4.69) is 11.9 Å². The van der Waals surface area contributed by atoms with Crippen molar-refractivity contribution < 1.29 is 4.79 Å². The Hall–Kier alpha value is -2.30. The third-order valence-electron chi connectivity index (χ3n) is 5.89. The summed E-state index contributed by atoms with van der Waals surface area (Å²) in [6.45, 7) is 4.21. The van der Waals surface area contributed by atoms with Gasteiger partial charge < -0.3 is 4.90 Å². The second-order valence-electron chi connectivity index (χ2n) is 8.11. The zero-order valence-corrected chi connectivity index (χ0v) is 15.8. The molecule has 136 valence electrons. The maximum atomic E-state index is 12.8. The van der Waals surface area contributed by atoms with Crippen LogP contribution < -0.4 is 4.90 Å². The zero-order chi connectivity index (χ0) is 18.3. The molecule has 2 aromatic heterocycles. The van der Waals surface area contributed by atoms with Crippen LogP contribution in [-0.4, -0.2) is 33.8 Å². The first-order valence-electron chi connectivity index (χ1n) is 9.54. The first kappa shape index (κ1) is 17.1. The Kier molecular flexibility index (Phi) is 4.25. The molecule has 2 aromatic rings. The summed E-state index contributed by atoms with van der Waals surface area (Å²) >= 11 is 0. The van der Waals surface area contributed by atoms with Gasteiger partial charge in [-0.25, -0.2) is 9.97 Å². The third kappa shape index (κ3) is 3.22. The molecule has 5 heteroatoms. The molecule has 0 aliphatic heterocycles. The van der Waals surface area contributed by atoms with Gasteiger partial charge in [-0.05, 0) is 56.6 Å². The second-order valence-corrected chi connectivity index (χ2v) is 8.11. The normalized spacial score (nSPS) is 18.3. The number of Topliss-reactive ketones (excluding diaryl/α,β-unsaturated/α-hetero) is 1. The van der Waals surface area contributed by atoms with Gasteiger partial charge in [0.15, 0.2) is 11.6 Å². The lowest BCUT2D eigenvalue weighted by Gasteiger charge is -2.28. The van der Waals surface area contributed by atoms with Gasteiger partial charge in [0.1, 0.15) is 11.5 Å². The fourth-order valence-corrected chi connectivity index (χ4v) is 3.67. The molecule has 2 aliphatic carbocycles. The quantitative estimate of drug-likeness (QED) is 0.796. The predicted octanol–water partition coefficient (Wildman–Crippen LogP) is 3.61. The highest BCUT2D eigenvalue weighted by atomic mass is 16.1. The summed E-state index contributed by atoms with van der Waals surface area (Å²) in [7, 11) is 1.99. The summed E-state index contributed by atoms with van der Waals surface area (Å²) in [4.78, 5) is 28.8. The molecule has 1 saturated carbocycles. The molecule has 1 fully saturated rings. The van der Waals surface area contributed by atoms with Crippen LogP contribution in [0.4, 0.5) is 5.82 Å². The highest BCUT2D eigenvalue weighted by Crippen LogP contribution is 2.48. The van der Waals surface area contributed by atoms with Gasteiger partial charge in [0.25, 0.3) is 0 Å². The number of rotatable bonds is 6. The number of nitrogens with zero attached hydrogens (tertiary/aromatic N) is 4. The first-order valence-corrected chi connectivity index (χ1v) is 9.54. The van der Waals surface area contributed by atoms with Gasteiger partial charge in [0, 0.05) is 30.9 Å². The van der Waals surface area contributed by atoms with Crippen LogP contribution in [0.3, 0.4) is 0 Å². The molecule has 0 N–H and O–H groups in total. The zero-order valence-electron chi connectivity index (χ0n) is 15.8. The van der Waals surface area contributed by atoms with Gasteiger partial charge >= 0.3 is 0 Å². The van der Waals surface area contributed by atoms with E-state index >= 15 is 0 Å². The van der Waals surface area contributed by atoms with Crippen molar-refractivity contribution >= 4 is 11.6 Å². The van der Waals surface area contributed by atoms with Crippen LogP contribution in [0.1, 0.15) is 50.8 Å². The van der Waals surface area contributed by atoms with Crippen molar-refractivity contribution in [3.05, 3.63) is 35.7 Å². The van der Waals surface area contributed by atoms with Gasteiger partial charge in [-0.2, -0.15) is 0 Å². The second kappa shape index (κ2) is 6.45. The van der Waals surface area contributed by atoms with E-state index in [1.807, 2.05) is 37.1 Å². The van der Waals surface area contributed by atoms with Crippen molar-refractivity contribution in [2.75, 3.05) is 11.9 Å². The van der Waals surface area contributed by atoms with Crippen LogP contribution in [0.25, 0.3) is 11.5 Å². The molecule has 0 unspecified atom stereocenters. The standard InChI is InChI=1S/C21H26N4O/c1-14(18(26)13-21(2)10-11-21)25(3)20-15-7-6-9-16(15)23-19(24-20)17-8-4-5-12-22-17/h4-5,8,12,14H,6-7,9-11,13H2,1-3H3/t14-/m1/s1. The minimum Gasteiger partial charge on any atom is -0.350 e. The topological polar surface area (TPSA) is 59.0 Å². The monoisotopic (exact) mass is 350 g/mol. The average molecular weight is 350 g/mol. The fraction of sp³-hybridized carbons (Fsp3) is 0.524. The Balaban J connectivity index is 1.66. The molecule has 26 heavy (non-hydrogen) atoms. The van der Waals surface area contributed by atoms with Crippen molar-refractivity contribution in [2.24, 2.45) is 5.41 Å². The molecule has 0 radical (unpaired) electrons. The lowest BCUT2D eigenvalue weighted by atomic mass is 9.98. The smallest absolute Gasteiger partial charge is 0.180 e. The van der Waals surface area contributed by atoms with Gasteiger partial charge in [-0.3, -0.25) is 9.78 Å². The molecule has 1 atom stereocenters. The van der Waals surface area contributed by atoms with Gasteiger partial charge in [-0.1, -0.05) is 13.0 Å². The van der Waals surface area contributed by atoms with Crippen LogP contribution >= 0.6 is 0 Å². The minimum atomic E-state index is -0.177. The number of pyridine rings is 1. The summed E-state index contributed by atoms with van der Waals surface area (Å²) in [5.41, 5.74) is 3.32. The lowest BCUT2D eigenvalue weighted by molar-refractivity contribution is -0.121. The van der Waals surface area contributed by atoms with Crippen LogP contribution in [0.5, 0.6) is 0 Å². The summed E-state index contributed by atoms with van der Waals surface area (Å²) in [5, 5.41) is 0. The number of likely N-dealkylation sites (N-methyl/N-ethyl adjacent to an activating group) is 1.